The smallest absolute Gasteiger partial charge is 0.169 e. The van der Waals surface area contributed by atoms with E-state index in [-0.39, 0.29) is 0 Å². The molecule has 14 heavy (non-hydrogen) atoms. The second-order valence-corrected chi connectivity index (χ2v) is 3.83. The van der Waals surface area contributed by atoms with E-state index in [1.165, 1.54) is 11.3 Å². The van der Waals surface area contributed by atoms with Gasteiger partial charge in [-0.1, -0.05) is 0 Å². The Morgan fingerprint density at radius 3 is 3.07 bits per heavy atom. The van der Waals surface area contributed by atoms with Crippen molar-refractivity contribution < 1.29 is 4.79 Å². The van der Waals surface area contributed by atoms with Crippen molar-refractivity contribution in [2.24, 2.45) is 0 Å². The van der Waals surface area contributed by atoms with Gasteiger partial charge in [-0.3, -0.25) is 4.79 Å². The third-order valence-electron chi connectivity index (χ3n) is 1.92. The maximum atomic E-state index is 10.4. The van der Waals surface area contributed by atoms with Crippen LogP contribution in [0.4, 0.5) is 0 Å². The largest absolute Gasteiger partial charge is 0.328 e. The van der Waals surface area contributed by atoms with Crippen molar-refractivity contribution >= 4 is 17.6 Å². The predicted molar refractivity (Wildman–Crippen MR) is 53.6 cm³/mol. The molecule has 0 N–H and O–H groups in total. The van der Waals surface area contributed by atoms with Crippen LogP contribution in [-0.4, -0.2) is 20.8 Å². The van der Waals surface area contributed by atoms with Gasteiger partial charge in [0.05, 0.1) is 6.54 Å². The third-order valence-corrected chi connectivity index (χ3v) is 2.77. The number of imidazole rings is 1. The molecule has 0 amide bonds. The number of aryl methyl sites for hydroxylation is 1. The number of nitrogens with zero attached hydrogens (tertiary/aromatic N) is 3. The van der Waals surface area contributed by atoms with Gasteiger partial charge in [0, 0.05) is 17.8 Å². The van der Waals surface area contributed by atoms with Crippen LogP contribution in [0.1, 0.15) is 21.3 Å². The summed E-state index contributed by atoms with van der Waals surface area (Å²) in [6.45, 7) is 2.62. The van der Waals surface area contributed by atoms with Crippen molar-refractivity contribution in [2.75, 3.05) is 0 Å². The van der Waals surface area contributed by atoms with Crippen LogP contribution in [0.2, 0.25) is 0 Å². The van der Waals surface area contributed by atoms with Crippen molar-refractivity contribution in [1.82, 2.24) is 14.5 Å². The summed E-state index contributed by atoms with van der Waals surface area (Å²) in [5.41, 5.74) is 0.503. The Kier molecular flexibility index (Phi) is 2.41. The van der Waals surface area contributed by atoms with Crippen molar-refractivity contribution in [3.05, 3.63) is 34.3 Å². The lowest BCUT2D eigenvalue weighted by Crippen LogP contribution is -2.00. The minimum atomic E-state index is 0.503. The number of carbonyl (C=O) groups excluding carboxylic acids is 1. The quantitative estimate of drug-likeness (QED) is 0.717. The lowest BCUT2D eigenvalue weighted by Gasteiger charge is -2.00. The Hall–Kier alpha value is -1.49. The van der Waals surface area contributed by atoms with E-state index in [4.69, 9.17) is 0 Å². The second kappa shape index (κ2) is 3.71. The average molecular weight is 207 g/mol. The summed E-state index contributed by atoms with van der Waals surface area (Å²) in [7, 11) is 0. The molecule has 2 aromatic heterocycles. The summed E-state index contributed by atoms with van der Waals surface area (Å²) in [6.07, 6.45) is 4.42. The maximum absolute atomic E-state index is 10.4. The molecule has 0 spiro atoms. The molecule has 0 saturated heterocycles. The van der Waals surface area contributed by atoms with Crippen LogP contribution in [0.3, 0.4) is 0 Å². The molecular formula is C9H9N3OS. The standard InChI is InChI=1S/C9H9N3OS/c1-7-10-2-3-12(7)4-9-11-8(5-13)6-14-9/h2-3,5-6H,4H2,1H3. The lowest BCUT2D eigenvalue weighted by atomic mass is 10.5. The molecular weight excluding hydrogens is 198 g/mol. The van der Waals surface area contributed by atoms with Crippen molar-refractivity contribution in [2.45, 2.75) is 13.5 Å². The zero-order valence-electron chi connectivity index (χ0n) is 7.67. The Bertz CT molecular complexity index is 446. The van der Waals surface area contributed by atoms with Gasteiger partial charge in [-0.2, -0.15) is 0 Å². The first-order valence-corrected chi connectivity index (χ1v) is 5.05. The Labute approximate surface area is 85.2 Å². The zero-order valence-corrected chi connectivity index (χ0v) is 8.49. The molecule has 0 aliphatic carbocycles. The Balaban J connectivity index is 2.18. The summed E-state index contributed by atoms with van der Waals surface area (Å²) in [4.78, 5) is 18.7. The Morgan fingerprint density at radius 2 is 2.50 bits per heavy atom. The van der Waals surface area contributed by atoms with Crippen molar-refractivity contribution in [3.8, 4) is 0 Å². The average Bonchev–Trinajstić information content (AvgIpc) is 2.77. The van der Waals surface area contributed by atoms with E-state index in [1.807, 2.05) is 17.7 Å². The number of hydrogen-bond acceptors (Lipinski definition) is 4. The van der Waals surface area contributed by atoms with Crippen molar-refractivity contribution in [3.63, 3.8) is 0 Å². The molecule has 4 nitrogen and oxygen atoms in total. The summed E-state index contributed by atoms with van der Waals surface area (Å²) >= 11 is 1.49. The molecule has 0 fully saturated rings. The molecule has 2 heterocycles. The van der Waals surface area contributed by atoms with Gasteiger partial charge in [0.25, 0.3) is 0 Å². The van der Waals surface area contributed by atoms with Gasteiger partial charge in [0.15, 0.2) is 6.29 Å². The molecule has 72 valence electrons. The number of carbonyl (C=O) groups is 1. The number of aldehydes is 1. The molecule has 0 saturated carbocycles. The van der Waals surface area contributed by atoms with Gasteiger partial charge in [0.2, 0.25) is 0 Å². The van der Waals surface area contributed by atoms with Crippen LogP contribution >= 0.6 is 11.3 Å². The fraction of sp³-hybridized carbons (Fsp3) is 0.222. The van der Waals surface area contributed by atoms with E-state index in [0.717, 1.165) is 17.1 Å². The SMILES string of the molecule is Cc1nccn1Cc1nc(C=O)cs1. The number of aromatic nitrogens is 3. The minimum Gasteiger partial charge on any atom is -0.328 e. The third kappa shape index (κ3) is 1.72. The zero-order chi connectivity index (χ0) is 9.97. The van der Waals surface area contributed by atoms with Crippen LogP contribution in [0, 0.1) is 6.92 Å². The van der Waals surface area contributed by atoms with Crippen LogP contribution < -0.4 is 0 Å². The van der Waals surface area contributed by atoms with E-state index in [0.29, 0.717) is 12.2 Å². The normalized spacial score (nSPS) is 10.4. The Morgan fingerprint density at radius 1 is 1.64 bits per heavy atom. The number of thiazole rings is 1. The molecule has 0 atom stereocenters. The van der Waals surface area contributed by atoms with Gasteiger partial charge in [-0.25, -0.2) is 9.97 Å². The minimum absolute atomic E-state index is 0.503. The van der Waals surface area contributed by atoms with Gasteiger partial charge in [-0.05, 0) is 6.92 Å². The van der Waals surface area contributed by atoms with Gasteiger partial charge in [0.1, 0.15) is 16.5 Å². The molecule has 0 bridgehead atoms. The summed E-state index contributed by atoms with van der Waals surface area (Å²) in [5.74, 6) is 0.952. The molecule has 5 heteroatoms. The predicted octanol–water partition coefficient (Wildman–Crippen LogP) is 1.51. The monoisotopic (exact) mass is 207 g/mol. The topological polar surface area (TPSA) is 47.8 Å². The highest BCUT2D eigenvalue weighted by Gasteiger charge is 2.03. The van der Waals surface area contributed by atoms with Crippen LogP contribution in [0.15, 0.2) is 17.8 Å². The van der Waals surface area contributed by atoms with Crippen LogP contribution in [-0.2, 0) is 6.54 Å². The van der Waals surface area contributed by atoms with Gasteiger partial charge >= 0.3 is 0 Å². The number of rotatable bonds is 3. The fourth-order valence-electron chi connectivity index (χ4n) is 1.17. The van der Waals surface area contributed by atoms with E-state index in [9.17, 15) is 4.79 Å². The highest BCUT2D eigenvalue weighted by atomic mass is 32.1. The summed E-state index contributed by atoms with van der Waals surface area (Å²) in [6, 6.07) is 0. The second-order valence-electron chi connectivity index (χ2n) is 2.89. The van der Waals surface area contributed by atoms with E-state index in [1.54, 1.807) is 11.6 Å². The molecule has 0 aromatic carbocycles. The van der Waals surface area contributed by atoms with E-state index in [2.05, 4.69) is 9.97 Å². The first kappa shape index (κ1) is 9.08. The van der Waals surface area contributed by atoms with E-state index >= 15 is 0 Å². The lowest BCUT2D eigenvalue weighted by molar-refractivity contribution is 0.111. The molecule has 2 rings (SSSR count). The molecule has 0 aliphatic heterocycles. The molecule has 2 aromatic rings. The first-order valence-electron chi connectivity index (χ1n) is 4.17. The van der Waals surface area contributed by atoms with Gasteiger partial charge in [-0.15, -0.1) is 11.3 Å². The number of hydrogen-bond donors (Lipinski definition) is 0. The highest BCUT2D eigenvalue weighted by Crippen LogP contribution is 2.10. The first-order chi connectivity index (χ1) is 6.79. The van der Waals surface area contributed by atoms with Crippen molar-refractivity contribution in [1.29, 1.82) is 0 Å². The van der Waals surface area contributed by atoms with E-state index < -0.39 is 0 Å². The fourth-order valence-corrected chi connectivity index (χ4v) is 1.91. The van der Waals surface area contributed by atoms with Gasteiger partial charge < -0.3 is 4.57 Å². The molecule has 0 aliphatic rings. The van der Waals surface area contributed by atoms with Crippen LogP contribution in [0.25, 0.3) is 0 Å². The summed E-state index contributed by atoms with van der Waals surface area (Å²) in [5, 5.41) is 2.68. The molecule has 0 radical (unpaired) electrons. The molecule has 0 unspecified atom stereocenters. The highest BCUT2D eigenvalue weighted by molar-refractivity contribution is 7.09. The van der Waals surface area contributed by atoms with Crippen LogP contribution in [0.5, 0.6) is 0 Å². The maximum Gasteiger partial charge on any atom is 0.169 e. The summed E-state index contributed by atoms with van der Waals surface area (Å²) < 4.78 is 1.99.